The molecule has 0 saturated heterocycles. The number of ether oxygens (including phenoxy) is 1. The number of hydrogen-bond donors (Lipinski definition) is 1. The Balaban J connectivity index is 2.37. The molecule has 1 aromatic carbocycles. The Bertz CT molecular complexity index is 644. The van der Waals surface area contributed by atoms with Gasteiger partial charge in [-0.05, 0) is 24.1 Å². The first-order valence-corrected chi connectivity index (χ1v) is 7.49. The molecule has 0 aliphatic heterocycles. The van der Waals surface area contributed by atoms with Crippen LogP contribution in [0.3, 0.4) is 0 Å². The molecule has 0 spiro atoms. The average Bonchev–Trinajstić information content (AvgIpc) is 2.74. The van der Waals surface area contributed by atoms with Crippen molar-refractivity contribution in [1.29, 1.82) is 0 Å². The Morgan fingerprint density at radius 1 is 1.57 bits per heavy atom. The highest BCUT2D eigenvalue weighted by molar-refractivity contribution is 7.99. The quantitative estimate of drug-likeness (QED) is 0.796. The molecule has 0 aliphatic carbocycles. The molecule has 1 aromatic heterocycles. The Labute approximate surface area is 126 Å². The van der Waals surface area contributed by atoms with Gasteiger partial charge in [0.1, 0.15) is 5.82 Å². The number of carbonyl (C=O) groups is 1. The molecular weight excluding hydrogens is 295 g/mol. The van der Waals surface area contributed by atoms with Gasteiger partial charge in [-0.15, -0.1) is 0 Å². The van der Waals surface area contributed by atoms with E-state index in [9.17, 15) is 9.18 Å². The lowest BCUT2D eigenvalue weighted by Crippen LogP contribution is -2.14. The van der Waals surface area contributed by atoms with Crippen LogP contribution >= 0.6 is 11.8 Å². The van der Waals surface area contributed by atoms with E-state index in [1.807, 2.05) is 11.5 Å². The van der Waals surface area contributed by atoms with Gasteiger partial charge < -0.3 is 14.4 Å². The van der Waals surface area contributed by atoms with Crippen molar-refractivity contribution in [3.8, 4) is 0 Å². The number of rotatable bonds is 7. The van der Waals surface area contributed by atoms with E-state index in [0.29, 0.717) is 29.3 Å². The van der Waals surface area contributed by atoms with Crippen LogP contribution in [0.5, 0.6) is 0 Å². The monoisotopic (exact) mass is 312 g/mol. The van der Waals surface area contributed by atoms with Crippen LogP contribution in [-0.4, -0.2) is 40.1 Å². The lowest BCUT2D eigenvalue weighted by atomic mass is 10.2. The van der Waals surface area contributed by atoms with Gasteiger partial charge in [0.25, 0.3) is 0 Å². The summed E-state index contributed by atoms with van der Waals surface area (Å²) in [6.07, 6.45) is 0. The van der Waals surface area contributed by atoms with Gasteiger partial charge in [-0.3, -0.25) is 4.79 Å². The molecule has 114 valence electrons. The predicted molar refractivity (Wildman–Crippen MR) is 79.1 cm³/mol. The molecule has 0 saturated carbocycles. The molecule has 1 atom stereocenters. The number of thioether (sulfide) groups is 1. The summed E-state index contributed by atoms with van der Waals surface area (Å²) in [6.45, 7) is 3.17. The van der Waals surface area contributed by atoms with Crippen molar-refractivity contribution in [3.05, 3.63) is 24.0 Å². The molecule has 0 radical (unpaired) electrons. The van der Waals surface area contributed by atoms with Crippen molar-refractivity contribution in [2.45, 2.75) is 18.6 Å². The molecule has 7 heteroatoms. The maximum Gasteiger partial charge on any atom is 0.313 e. The number of aromatic nitrogens is 2. The Kier molecular flexibility index (Phi) is 5.19. The van der Waals surface area contributed by atoms with Gasteiger partial charge in [-0.1, -0.05) is 18.7 Å². The van der Waals surface area contributed by atoms with Crippen LogP contribution < -0.4 is 0 Å². The number of aliphatic carboxylic acids is 1. The van der Waals surface area contributed by atoms with Crippen molar-refractivity contribution < 1.29 is 19.0 Å². The van der Waals surface area contributed by atoms with Crippen LogP contribution in [0.25, 0.3) is 11.0 Å². The normalized spacial score (nSPS) is 12.7. The first kappa shape index (κ1) is 15.8. The van der Waals surface area contributed by atoms with Crippen LogP contribution in [0.4, 0.5) is 4.39 Å². The van der Waals surface area contributed by atoms with E-state index in [1.165, 1.54) is 12.1 Å². The maximum absolute atomic E-state index is 13.5. The SMILES string of the molecule is COCC(C)Cn1c(SCC(=O)O)nc2ccc(F)cc21. The third-order valence-electron chi connectivity index (χ3n) is 2.95. The van der Waals surface area contributed by atoms with Crippen molar-refractivity contribution in [1.82, 2.24) is 9.55 Å². The van der Waals surface area contributed by atoms with E-state index < -0.39 is 5.97 Å². The molecule has 2 rings (SSSR count). The number of benzene rings is 1. The zero-order chi connectivity index (χ0) is 15.4. The highest BCUT2D eigenvalue weighted by Crippen LogP contribution is 2.26. The third kappa shape index (κ3) is 3.95. The summed E-state index contributed by atoms with van der Waals surface area (Å²) in [5.74, 6) is -1.11. The zero-order valence-corrected chi connectivity index (χ0v) is 12.7. The first-order valence-electron chi connectivity index (χ1n) is 6.50. The van der Waals surface area contributed by atoms with Crippen molar-refractivity contribution in [2.24, 2.45) is 5.92 Å². The highest BCUT2D eigenvalue weighted by atomic mass is 32.2. The second-order valence-electron chi connectivity index (χ2n) is 4.88. The van der Waals surface area contributed by atoms with Crippen molar-refractivity contribution >= 4 is 28.8 Å². The topological polar surface area (TPSA) is 64.3 Å². The van der Waals surface area contributed by atoms with E-state index in [1.54, 1.807) is 13.2 Å². The Hall–Kier alpha value is -1.60. The molecule has 0 bridgehead atoms. The van der Waals surface area contributed by atoms with E-state index in [2.05, 4.69) is 4.98 Å². The van der Waals surface area contributed by atoms with Gasteiger partial charge in [0.15, 0.2) is 5.16 Å². The van der Waals surface area contributed by atoms with E-state index >= 15 is 0 Å². The predicted octanol–water partition coefficient (Wildman–Crippen LogP) is 2.63. The summed E-state index contributed by atoms with van der Waals surface area (Å²) in [6, 6.07) is 4.38. The number of fused-ring (bicyclic) bond motifs is 1. The number of nitrogens with zero attached hydrogens (tertiary/aromatic N) is 2. The van der Waals surface area contributed by atoms with Gasteiger partial charge >= 0.3 is 5.97 Å². The molecule has 2 aromatic rings. The number of carboxylic acids is 1. The summed E-state index contributed by atoms with van der Waals surface area (Å²) in [5, 5.41) is 9.40. The van der Waals surface area contributed by atoms with Crippen LogP contribution in [0, 0.1) is 11.7 Å². The summed E-state index contributed by atoms with van der Waals surface area (Å²) in [5.41, 5.74) is 1.33. The number of imidazole rings is 1. The third-order valence-corrected chi connectivity index (χ3v) is 3.91. The number of carboxylic acid groups (broad SMARTS) is 1. The van der Waals surface area contributed by atoms with Crippen molar-refractivity contribution in [2.75, 3.05) is 19.5 Å². The van der Waals surface area contributed by atoms with Gasteiger partial charge in [0, 0.05) is 13.7 Å². The fourth-order valence-corrected chi connectivity index (χ4v) is 2.88. The van der Waals surface area contributed by atoms with Crippen LogP contribution in [0.2, 0.25) is 0 Å². The average molecular weight is 312 g/mol. The number of halogens is 1. The largest absolute Gasteiger partial charge is 0.481 e. The van der Waals surface area contributed by atoms with E-state index in [0.717, 1.165) is 11.8 Å². The molecular formula is C14H17FN2O3S. The van der Waals surface area contributed by atoms with Crippen LogP contribution in [-0.2, 0) is 16.1 Å². The molecule has 1 unspecified atom stereocenters. The van der Waals surface area contributed by atoms with Crippen LogP contribution in [0.15, 0.2) is 23.4 Å². The summed E-state index contributed by atoms with van der Waals surface area (Å²) in [4.78, 5) is 15.1. The lowest BCUT2D eigenvalue weighted by Gasteiger charge is -2.14. The van der Waals surface area contributed by atoms with Gasteiger partial charge in [-0.25, -0.2) is 9.37 Å². The molecule has 5 nitrogen and oxygen atoms in total. The molecule has 0 amide bonds. The second kappa shape index (κ2) is 6.91. The minimum absolute atomic E-state index is 0.0789. The van der Waals surface area contributed by atoms with Crippen molar-refractivity contribution in [3.63, 3.8) is 0 Å². The maximum atomic E-state index is 13.5. The highest BCUT2D eigenvalue weighted by Gasteiger charge is 2.15. The smallest absolute Gasteiger partial charge is 0.313 e. The number of methoxy groups -OCH3 is 1. The number of hydrogen-bond acceptors (Lipinski definition) is 4. The van der Waals surface area contributed by atoms with Gasteiger partial charge in [0.05, 0.1) is 23.4 Å². The minimum Gasteiger partial charge on any atom is -0.481 e. The minimum atomic E-state index is -0.908. The Morgan fingerprint density at radius 2 is 2.33 bits per heavy atom. The summed E-state index contributed by atoms with van der Waals surface area (Å²) < 4.78 is 20.4. The second-order valence-corrected chi connectivity index (χ2v) is 5.82. The lowest BCUT2D eigenvalue weighted by molar-refractivity contribution is -0.133. The van der Waals surface area contributed by atoms with E-state index in [4.69, 9.17) is 9.84 Å². The molecule has 1 heterocycles. The summed E-state index contributed by atoms with van der Waals surface area (Å²) in [7, 11) is 1.63. The fraction of sp³-hybridized carbons (Fsp3) is 0.429. The molecule has 21 heavy (non-hydrogen) atoms. The van der Waals surface area contributed by atoms with Gasteiger partial charge in [-0.2, -0.15) is 0 Å². The van der Waals surface area contributed by atoms with E-state index in [-0.39, 0.29) is 17.5 Å². The Morgan fingerprint density at radius 3 is 3.00 bits per heavy atom. The standard InChI is InChI=1S/C14H17FN2O3S/c1-9(7-20-2)6-17-12-5-10(15)3-4-11(12)16-14(17)21-8-13(18)19/h3-5,9H,6-8H2,1-2H3,(H,18,19). The molecule has 0 aliphatic rings. The first-order chi connectivity index (χ1) is 10.0. The fourth-order valence-electron chi connectivity index (χ4n) is 2.14. The van der Waals surface area contributed by atoms with Gasteiger partial charge in [0.2, 0.25) is 0 Å². The summed E-state index contributed by atoms with van der Waals surface area (Å²) >= 11 is 1.14. The molecule has 0 fully saturated rings. The van der Waals surface area contributed by atoms with Crippen LogP contribution in [0.1, 0.15) is 6.92 Å². The molecule has 1 N–H and O–H groups in total. The zero-order valence-electron chi connectivity index (χ0n) is 11.9.